The van der Waals surface area contributed by atoms with Crippen molar-refractivity contribution in [2.75, 3.05) is 54.3 Å². The van der Waals surface area contributed by atoms with Gasteiger partial charge in [-0.2, -0.15) is 0 Å². The molecule has 0 unspecified atom stereocenters. The van der Waals surface area contributed by atoms with E-state index in [9.17, 15) is 13.2 Å². The highest BCUT2D eigenvalue weighted by Crippen LogP contribution is 2.30. The standard InChI is InChI=1S/C22H25FN6O4S/c1-16-12-17(14-24-21(16)26-7-10-34(31,32)11-8-26)19-3-2-18(13-20(19)23)29-5-4-28(25-29)15-27-6-9-33-22(27)30/h2-5,12-14,25H,6-11,15H2,1H3. The first kappa shape index (κ1) is 22.4. The number of cyclic esters (lactones) is 1. The number of sulfone groups is 1. The molecule has 0 spiro atoms. The lowest BCUT2D eigenvalue weighted by Crippen LogP contribution is -2.45. The van der Waals surface area contributed by atoms with Crippen molar-refractivity contribution >= 4 is 27.4 Å². The van der Waals surface area contributed by atoms with E-state index in [0.29, 0.717) is 49.7 Å². The highest BCUT2D eigenvalue weighted by Gasteiger charge is 2.26. The van der Waals surface area contributed by atoms with Crippen LogP contribution < -0.4 is 15.4 Å². The maximum absolute atomic E-state index is 15.1. The van der Waals surface area contributed by atoms with Crippen LogP contribution in [0.15, 0.2) is 42.9 Å². The number of hydrogen-bond donors (Lipinski definition) is 1. The van der Waals surface area contributed by atoms with Gasteiger partial charge in [0.05, 0.1) is 23.7 Å². The number of carbonyl (C=O) groups excluding carboxylic acids is 1. The normalized spacial score (nSPS) is 19.8. The Labute approximate surface area is 197 Å². The van der Waals surface area contributed by atoms with Gasteiger partial charge in [0.25, 0.3) is 0 Å². The first-order valence-corrected chi connectivity index (χ1v) is 12.8. The van der Waals surface area contributed by atoms with Crippen LogP contribution in [0.25, 0.3) is 11.1 Å². The van der Waals surface area contributed by atoms with Gasteiger partial charge in [0.1, 0.15) is 24.9 Å². The van der Waals surface area contributed by atoms with Crippen LogP contribution >= 0.6 is 0 Å². The number of pyridine rings is 1. The molecular weight excluding hydrogens is 463 g/mol. The molecule has 180 valence electrons. The molecule has 2 aromatic rings. The molecule has 2 fully saturated rings. The predicted octanol–water partition coefficient (Wildman–Crippen LogP) is 1.85. The number of rotatable bonds is 5. The lowest BCUT2D eigenvalue weighted by molar-refractivity contribution is 0.134. The minimum Gasteiger partial charge on any atom is -0.447 e. The summed E-state index contributed by atoms with van der Waals surface area (Å²) in [6.45, 7) is 3.92. The minimum atomic E-state index is -2.98. The van der Waals surface area contributed by atoms with Crippen molar-refractivity contribution < 1.29 is 22.3 Å². The molecule has 0 radical (unpaired) electrons. The molecule has 0 saturated carbocycles. The number of anilines is 2. The number of benzene rings is 1. The maximum atomic E-state index is 15.1. The average Bonchev–Trinajstić information content (AvgIpc) is 3.43. The zero-order valence-electron chi connectivity index (χ0n) is 18.6. The number of nitrogens with zero attached hydrogens (tertiary/aromatic N) is 5. The summed E-state index contributed by atoms with van der Waals surface area (Å²) >= 11 is 0. The molecule has 5 rings (SSSR count). The summed E-state index contributed by atoms with van der Waals surface area (Å²) in [6, 6.07) is 6.79. The third kappa shape index (κ3) is 4.50. The second kappa shape index (κ2) is 8.76. The summed E-state index contributed by atoms with van der Waals surface area (Å²) < 4.78 is 43.4. The molecule has 4 heterocycles. The summed E-state index contributed by atoms with van der Waals surface area (Å²) in [5.41, 5.74) is 5.61. The Balaban J connectivity index is 1.27. The van der Waals surface area contributed by atoms with Crippen molar-refractivity contribution in [2.24, 2.45) is 0 Å². The van der Waals surface area contributed by atoms with Gasteiger partial charge in [-0.3, -0.25) is 14.9 Å². The Morgan fingerprint density at radius 3 is 2.62 bits per heavy atom. The molecule has 3 aliphatic rings. The van der Waals surface area contributed by atoms with Gasteiger partial charge in [-0.05, 0) is 36.8 Å². The Kier molecular flexibility index (Phi) is 5.78. The fraction of sp³-hybridized carbons (Fsp3) is 0.364. The lowest BCUT2D eigenvalue weighted by atomic mass is 10.0. The Hall–Kier alpha value is -3.38. The zero-order chi connectivity index (χ0) is 23.9. The van der Waals surface area contributed by atoms with Crippen LogP contribution in [0.1, 0.15) is 5.56 Å². The summed E-state index contributed by atoms with van der Waals surface area (Å²) in [5, 5.41) is 3.36. The molecule has 0 aliphatic carbocycles. The second-order valence-electron chi connectivity index (χ2n) is 8.42. The van der Waals surface area contributed by atoms with Crippen LogP contribution in [0.5, 0.6) is 0 Å². The molecule has 10 nitrogen and oxygen atoms in total. The van der Waals surface area contributed by atoms with E-state index >= 15 is 4.39 Å². The highest BCUT2D eigenvalue weighted by molar-refractivity contribution is 7.91. The molecule has 0 bridgehead atoms. The van der Waals surface area contributed by atoms with E-state index in [2.05, 4.69) is 10.5 Å². The number of carbonyl (C=O) groups is 1. The fourth-order valence-corrected chi connectivity index (χ4v) is 5.37. The van der Waals surface area contributed by atoms with Crippen LogP contribution in [0, 0.1) is 12.7 Å². The number of ether oxygens (including phenoxy) is 1. The van der Waals surface area contributed by atoms with Crippen LogP contribution in [0.2, 0.25) is 0 Å². The first-order valence-electron chi connectivity index (χ1n) is 10.9. The van der Waals surface area contributed by atoms with Crippen molar-refractivity contribution in [1.82, 2.24) is 20.4 Å². The SMILES string of the molecule is Cc1cc(-c2ccc(N3C=CN(CN4CCOC4=O)N3)cc2F)cnc1N1CCS(=O)(=O)CC1. The van der Waals surface area contributed by atoms with Crippen molar-refractivity contribution in [3.8, 4) is 11.1 Å². The second-order valence-corrected chi connectivity index (χ2v) is 10.7. The van der Waals surface area contributed by atoms with E-state index in [0.717, 1.165) is 11.4 Å². The van der Waals surface area contributed by atoms with E-state index in [4.69, 9.17) is 4.74 Å². The topological polar surface area (TPSA) is 98.3 Å². The molecule has 1 N–H and O–H groups in total. The van der Waals surface area contributed by atoms with Crippen molar-refractivity contribution in [2.45, 2.75) is 6.92 Å². The molecule has 3 aliphatic heterocycles. The first-order chi connectivity index (χ1) is 16.3. The Bertz CT molecular complexity index is 1240. The molecule has 1 amide bonds. The van der Waals surface area contributed by atoms with E-state index in [1.165, 1.54) is 6.07 Å². The van der Waals surface area contributed by atoms with E-state index in [1.807, 2.05) is 17.9 Å². The molecule has 1 aromatic carbocycles. The summed E-state index contributed by atoms with van der Waals surface area (Å²) in [4.78, 5) is 19.7. The smallest absolute Gasteiger partial charge is 0.411 e. The molecule has 0 atom stereocenters. The van der Waals surface area contributed by atoms with Crippen molar-refractivity contribution in [3.05, 3.63) is 54.2 Å². The molecular formula is C22H25FN6O4S. The van der Waals surface area contributed by atoms with Gasteiger partial charge in [-0.15, -0.1) is 5.53 Å². The molecule has 12 heteroatoms. The van der Waals surface area contributed by atoms with Gasteiger partial charge >= 0.3 is 6.09 Å². The predicted molar refractivity (Wildman–Crippen MR) is 125 cm³/mol. The van der Waals surface area contributed by atoms with E-state index in [1.54, 1.807) is 45.6 Å². The largest absolute Gasteiger partial charge is 0.447 e. The van der Waals surface area contributed by atoms with Gasteiger partial charge < -0.3 is 9.64 Å². The summed E-state index contributed by atoms with van der Waals surface area (Å²) in [5.74, 6) is 0.561. The zero-order valence-corrected chi connectivity index (χ0v) is 19.5. The van der Waals surface area contributed by atoms with Gasteiger partial charge in [-0.25, -0.2) is 22.6 Å². The quantitative estimate of drug-likeness (QED) is 0.676. The third-order valence-corrected chi connectivity index (χ3v) is 7.65. The number of halogens is 1. The van der Waals surface area contributed by atoms with Gasteiger partial charge in [0, 0.05) is 42.8 Å². The number of nitrogens with one attached hydrogen (secondary N) is 1. The molecule has 2 saturated heterocycles. The number of aromatic nitrogens is 1. The van der Waals surface area contributed by atoms with E-state index < -0.39 is 15.7 Å². The molecule has 1 aromatic heterocycles. The Morgan fingerprint density at radius 2 is 1.94 bits per heavy atom. The summed E-state index contributed by atoms with van der Waals surface area (Å²) in [6.07, 6.45) is 4.77. The van der Waals surface area contributed by atoms with Gasteiger partial charge in [-0.1, -0.05) is 0 Å². The third-order valence-electron chi connectivity index (χ3n) is 6.04. The summed E-state index contributed by atoms with van der Waals surface area (Å²) in [7, 11) is -2.98. The number of aryl methyl sites for hydroxylation is 1. The van der Waals surface area contributed by atoms with Gasteiger partial charge in [0.2, 0.25) is 0 Å². The van der Waals surface area contributed by atoms with Crippen LogP contribution in [-0.4, -0.2) is 73.8 Å². The minimum absolute atomic E-state index is 0.116. The average molecular weight is 489 g/mol. The Morgan fingerprint density at radius 1 is 1.15 bits per heavy atom. The van der Waals surface area contributed by atoms with Crippen LogP contribution in [0.4, 0.5) is 20.7 Å². The van der Waals surface area contributed by atoms with Crippen LogP contribution in [-0.2, 0) is 14.6 Å². The number of hydrogen-bond acceptors (Lipinski definition) is 9. The highest BCUT2D eigenvalue weighted by atomic mass is 32.2. The monoisotopic (exact) mass is 488 g/mol. The number of hydrazine groups is 2. The van der Waals surface area contributed by atoms with Crippen molar-refractivity contribution in [3.63, 3.8) is 0 Å². The van der Waals surface area contributed by atoms with E-state index in [-0.39, 0.29) is 17.6 Å². The number of amides is 1. The fourth-order valence-electron chi connectivity index (χ4n) is 4.17. The van der Waals surface area contributed by atoms with Crippen LogP contribution in [0.3, 0.4) is 0 Å². The van der Waals surface area contributed by atoms with Gasteiger partial charge in [0.15, 0.2) is 9.84 Å². The maximum Gasteiger partial charge on any atom is 0.411 e. The van der Waals surface area contributed by atoms with Crippen molar-refractivity contribution in [1.29, 1.82) is 0 Å². The molecule has 34 heavy (non-hydrogen) atoms. The lowest BCUT2D eigenvalue weighted by Gasteiger charge is -2.29.